The lowest BCUT2D eigenvalue weighted by Gasteiger charge is -2.16. The third-order valence-corrected chi connectivity index (χ3v) is 5.64. The molecule has 34 heavy (non-hydrogen) atoms. The van der Waals surface area contributed by atoms with Crippen molar-refractivity contribution in [3.8, 4) is 28.8 Å². The summed E-state index contributed by atoms with van der Waals surface area (Å²) in [5, 5.41) is 18.8. The van der Waals surface area contributed by atoms with Crippen molar-refractivity contribution in [2.45, 2.75) is 33.4 Å². The Hall–Kier alpha value is -4.51. The van der Waals surface area contributed by atoms with Gasteiger partial charge in [0, 0.05) is 25.0 Å². The number of pyridine rings is 3. The molecule has 1 N–H and O–H groups in total. The fourth-order valence-electron chi connectivity index (χ4n) is 3.97. The molecule has 8 nitrogen and oxygen atoms in total. The van der Waals surface area contributed by atoms with E-state index in [1.54, 1.807) is 18.7 Å². The van der Waals surface area contributed by atoms with Gasteiger partial charge in [0.25, 0.3) is 0 Å². The predicted molar refractivity (Wildman–Crippen MR) is 130 cm³/mol. The highest BCUT2D eigenvalue weighted by Gasteiger charge is 2.23. The number of aromatic nitrogens is 5. The Morgan fingerprint density at radius 2 is 1.94 bits per heavy atom. The number of aryl methyl sites for hydroxylation is 1. The molecule has 0 saturated heterocycles. The minimum Gasteiger partial charge on any atom is -0.446 e. The van der Waals surface area contributed by atoms with Gasteiger partial charge in [0.2, 0.25) is 5.71 Å². The molecule has 8 heteroatoms. The second-order valence-electron chi connectivity index (χ2n) is 8.30. The average Bonchev–Trinajstić information content (AvgIpc) is 3.49. The van der Waals surface area contributed by atoms with E-state index in [2.05, 4.69) is 26.5 Å². The topological polar surface area (TPSA) is 105 Å². The Bertz CT molecular complexity index is 1490. The third-order valence-electron chi connectivity index (χ3n) is 5.64. The maximum Gasteiger partial charge on any atom is 0.228 e. The number of nitrogens with one attached hydrogen (secondary N) is 1. The zero-order valence-corrected chi connectivity index (χ0v) is 19.1. The van der Waals surface area contributed by atoms with Crippen LogP contribution in [-0.4, -0.2) is 24.7 Å². The minimum atomic E-state index is 0.115. The summed E-state index contributed by atoms with van der Waals surface area (Å²) in [6, 6.07) is 14.0. The van der Waals surface area contributed by atoms with Crippen LogP contribution < -0.4 is 5.32 Å². The molecule has 0 fully saturated rings. The van der Waals surface area contributed by atoms with Crippen LogP contribution in [0.1, 0.15) is 36.6 Å². The number of nitriles is 1. The second-order valence-corrected chi connectivity index (χ2v) is 8.30. The van der Waals surface area contributed by atoms with Gasteiger partial charge in [-0.3, -0.25) is 14.6 Å². The number of fused-ring (bicyclic) bond motifs is 1. The summed E-state index contributed by atoms with van der Waals surface area (Å²) in [6.45, 7) is 6.55. The normalized spacial score (nSPS) is 11.1. The van der Waals surface area contributed by atoms with Crippen molar-refractivity contribution in [1.29, 1.82) is 5.26 Å². The molecule has 0 amide bonds. The van der Waals surface area contributed by atoms with Gasteiger partial charge in [-0.05, 0) is 56.2 Å². The van der Waals surface area contributed by atoms with E-state index in [9.17, 15) is 5.26 Å². The Kier molecular flexibility index (Phi) is 5.52. The summed E-state index contributed by atoms with van der Waals surface area (Å²) >= 11 is 0. The summed E-state index contributed by atoms with van der Waals surface area (Å²) < 4.78 is 7.53. The lowest BCUT2D eigenvalue weighted by atomic mass is 10.0. The van der Waals surface area contributed by atoms with E-state index < -0.39 is 0 Å². The maximum atomic E-state index is 10.2. The molecular formula is C26H23N7O. The van der Waals surface area contributed by atoms with E-state index in [1.807, 2.05) is 68.0 Å². The van der Waals surface area contributed by atoms with Crippen molar-refractivity contribution < 1.29 is 4.42 Å². The Morgan fingerprint density at radius 3 is 2.65 bits per heavy atom. The number of rotatable bonds is 6. The molecule has 5 heterocycles. The maximum absolute atomic E-state index is 10.2. The average molecular weight is 450 g/mol. The minimum absolute atomic E-state index is 0.115. The second kappa shape index (κ2) is 8.79. The van der Waals surface area contributed by atoms with Crippen molar-refractivity contribution in [3.05, 3.63) is 77.9 Å². The molecule has 5 aromatic rings. The molecule has 0 atom stereocenters. The van der Waals surface area contributed by atoms with Gasteiger partial charge in [0.05, 0.1) is 40.6 Å². The first-order valence-electron chi connectivity index (χ1n) is 11.0. The lowest BCUT2D eigenvalue weighted by Crippen LogP contribution is -2.09. The van der Waals surface area contributed by atoms with Crippen LogP contribution in [0.5, 0.6) is 0 Å². The van der Waals surface area contributed by atoms with Crippen LogP contribution in [0.3, 0.4) is 0 Å². The third kappa shape index (κ3) is 3.77. The van der Waals surface area contributed by atoms with Gasteiger partial charge in [-0.15, -0.1) is 0 Å². The summed E-state index contributed by atoms with van der Waals surface area (Å²) in [5.41, 5.74) is 6.53. The summed E-state index contributed by atoms with van der Waals surface area (Å²) in [7, 11) is 0. The van der Waals surface area contributed by atoms with Crippen molar-refractivity contribution in [3.63, 3.8) is 0 Å². The molecule has 5 aromatic heterocycles. The van der Waals surface area contributed by atoms with Gasteiger partial charge in [-0.1, -0.05) is 12.1 Å². The fraction of sp³-hybridized carbons (Fsp3) is 0.192. The number of nitrogens with zero attached hydrogens (tertiary/aromatic N) is 6. The van der Waals surface area contributed by atoms with E-state index in [0.29, 0.717) is 29.2 Å². The molecule has 0 aromatic carbocycles. The Balaban J connectivity index is 1.52. The van der Waals surface area contributed by atoms with E-state index in [0.717, 1.165) is 33.6 Å². The molecule has 168 valence electrons. The molecule has 0 aliphatic carbocycles. The Morgan fingerprint density at radius 1 is 1.09 bits per heavy atom. The molecule has 5 rings (SSSR count). The standard InChI is InChI=1S/C26H23N7O/c1-16(2)33-25(17(3)13-31-33)24-20(12-27)23(19-9-11-34-26(19)32-24)30-15-18-7-8-22(29-14-18)21-6-4-5-10-28-21/h4-11,13-14,16H,15H2,1-3H3,(H,30,32). The largest absolute Gasteiger partial charge is 0.446 e. The molecule has 0 aliphatic heterocycles. The number of anilines is 1. The molecule has 0 bridgehead atoms. The molecule has 0 spiro atoms. The van der Waals surface area contributed by atoms with E-state index >= 15 is 0 Å². The van der Waals surface area contributed by atoms with Gasteiger partial charge in [0.1, 0.15) is 17.3 Å². The van der Waals surface area contributed by atoms with Crippen molar-refractivity contribution >= 4 is 16.8 Å². The van der Waals surface area contributed by atoms with Gasteiger partial charge in [-0.25, -0.2) is 4.98 Å². The van der Waals surface area contributed by atoms with E-state index in [4.69, 9.17) is 9.40 Å². The number of hydrogen-bond acceptors (Lipinski definition) is 7. The van der Waals surface area contributed by atoms with Crippen LogP contribution in [0.4, 0.5) is 5.69 Å². The highest BCUT2D eigenvalue weighted by Crippen LogP contribution is 2.36. The predicted octanol–water partition coefficient (Wildman–Crippen LogP) is 5.52. The first-order chi connectivity index (χ1) is 16.6. The fourth-order valence-corrected chi connectivity index (χ4v) is 3.97. The van der Waals surface area contributed by atoms with E-state index in [1.165, 1.54) is 0 Å². The monoisotopic (exact) mass is 449 g/mol. The number of hydrogen-bond donors (Lipinski definition) is 1. The van der Waals surface area contributed by atoms with Gasteiger partial charge in [0.15, 0.2) is 0 Å². The quantitative estimate of drug-likeness (QED) is 0.364. The summed E-state index contributed by atoms with van der Waals surface area (Å²) in [5.74, 6) is 0. The highest BCUT2D eigenvalue weighted by molar-refractivity contribution is 5.95. The number of furan rings is 1. The van der Waals surface area contributed by atoms with Crippen molar-refractivity contribution in [1.82, 2.24) is 24.7 Å². The van der Waals surface area contributed by atoms with Crippen LogP contribution in [-0.2, 0) is 6.54 Å². The molecule has 0 unspecified atom stereocenters. The molecular weight excluding hydrogens is 426 g/mol. The zero-order valence-electron chi connectivity index (χ0n) is 19.1. The van der Waals surface area contributed by atoms with Crippen LogP contribution in [0.2, 0.25) is 0 Å². The van der Waals surface area contributed by atoms with Crippen molar-refractivity contribution in [2.24, 2.45) is 0 Å². The lowest BCUT2D eigenvalue weighted by molar-refractivity contribution is 0.537. The van der Waals surface area contributed by atoms with Crippen LogP contribution >= 0.6 is 0 Å². The molecule has 0 saturated carbocycles. The van der Waals surface area contributed by atoms with Gasteiger partial charge < -0.3 is 9.73 Å². The van der Waals surface area contributed by atoms with Crippen LogP contribution in [0, 0.1) is 18.3 Å². The van der Waals surface area contributed by atoms with Crippen molar-refractivity contribution in [2.75, 3.05) is 5.32 Å². The van der Waals surface area contributed by atoms with Crippen LogP contribution in [0.25, 0.3) is 33.9 Å². The first-order valence-corrected chi connectivity index (χ1v) is 11.0. The SMILES string of the molecule is Cc1cnn(C(C)C)c1-c1nc2occc2c(NCc2ccc(-c3ccccn3)nc2)c1C#N. The first kappa shape index (κ1) is 21.3. The van der Waals surface area contributed by atoms with Gasteiger partial charge >= 0.3 is 0 Å². The Labute approximate surface area is 196 Å². The highest BCUT2D eigenvalue weighted by atomic mass is 16.3. The van der Waals surface area contributed by atoms with Gasteiger partial charge in [-0.2, -0.15) is 10.4 Å². The molecule has 0 aliphatic rings. The zero-order chi connectivity index (χ0) is 23.7. The molecule has 0 radical (unpaired) electrons. The summed E-state index contributed by atoms with van der Waals surface area (Å²) in [6.07, 6.45) is 6.95. The van der Waals surface area contributed by atoms with E-state index in [-0.39, 0.29) is 6.04 Å². The van der Waals surface area contributed by atoms with Crippen LogP contribution in [0.15, 0.2) is 65.7 Å². The smallest absolute Gasteiger partial charge is 0.228 e. The summed E-state index contributed by atoms with van der Waals surface area (Å²) in [4.78, 5) is 13.6.